The molecular weight excluding hydrogens is 368 g/mol. The molecule has 27 heavy (non-hydrogen) atoms. The van der Waals surface area contributed by atoms with Crippen LogP contribution in [0.3, 0.4) is 0 Å². The lowest BCUT2D eigenvalue weighted by Gasteiger charge is -2.11. The summed E-state index contributed by atoms with van der Waals surface area (Å²) in [6.07, 6.45) is 1.71. The van der Waals surface area contributed by atoms with Gasteiger partial charge in [-0.2, -0.15) is 0 Å². The number of pyridine rings is 1. The molecule has 1 N–H and O–H groups in total. The Morgan fingerprint density at radius 3 is 2.85 bits per heavy atom. The van der Waals surface area contributed by atoms with Crippen LogP contribution in [0.4, 0.5) is 5.13 Å². The molecule has 2 heterocycles. The molecule has 0 unspecified atom stereocenters. The summed E-state index contributed by atoms with van der Waals surface area (Å²) in [5, 5.41) is 12.7. The van der Waals surface area contributed by atoms with Crippen molar-refractivity contribution in [3.8, 4) is 5.75 Å². The standard InChI is InChI=1S/C18H20N4O4S/c1-3-25-10-9-22-8-7-13-14(17(22)24)5-4-6-15(13)26-11-16(23)19-18-21-20-12(2)27-18/h4-8H,3,9-11H2,1-2H3,(H,19,21,23). The number of anilines is 1. The number of rotatable bonds is 8. The summed E-state index contributed by atoms with van der Waals surface area (Å²) in [6.45, 7) is 5.10. The fourth-order valence-electron chi connectivity index (χ4n) is 2.54. The van der Waals surface area contributed by atoms with Crippen molar-refractivity contribution in [3.63, 3.8) is 0 Å². The van der Waals surface area contributed by atoms with Crippen molar-refractivity contribution in [2.45, 2.75) is 20.4 Å². The van der Waals surface area contributed by atoms with Gasteiger partial charge in [-0.1, -0.05) is 17.4 Å². The van der Waals surface area contributed by atoms with Crippen molar-refractivity contribution in [2.75, 3.05) is 25.1 Å². The van der Waals surface area contributed by atoms with Gasteiger partial charge in [0, 0.05) is 24.7 Å². The van der Waals surface area contributed by atoms with Crippen LogP contribution in [0.2, 0.25) is 0 Å². The second-order valence-electron chi connectivity index (χ2n) is 5.69. The number of nitrogens with one attached hydrogen (secondary N) is 1. The molecule has 0 radical (unpaired) electrons. The molecule has 0 saturated carbocycles. The molecule has 1 aromatic carbocycles. The van der Waals surface area contributed by atoms with E-state index < -0.39 is 0 Å². The summed E-state index contributed by atoms with van der Waals surface area (Å²) in [5.74, 6) is 0.137. The predicted octanol–water partition coefficient (Wildman–Crippen LogP) is 2.22. The van der Waals surface area contributed by atoms with Crippen molar-refractivity contribution in [3.05, 3.63) is 45.8 Å². The van der Waals surface area contributed by atoms with Crippen LogP contribution in [0, 0.1) is 6.92 Å². The number of carbonyl (C=O) groups is 1. The van der Waals surface area contributed by atoms with Crippen molar-refractivity contribution < 1.29 is 14.3 Å². The largest absolute Gasteiger partial charge is 0.483 e. The predicted molar refractivity (Wildman–Crippen MR) is 103 cm³/mol. The van der Waals surface area contributed by atoms with E-state index in [0.717, 1.165) is 5.01 Å². The molecule has 1 amide bonds. The molecule has 0 fully saturated rings. The number of aromatic nitrogens is 3. The zero-order valence-corrected chi connectivity index (χ0v) is 15.9. The minimum absolute atomic E-state index is 0.119. The lowest BCUT2D eigenvalue weighted by Crippen LogP contribution is -2.22. The Balaban J connectivity index is 1.72. The van der Waals surface area contributed by atoms with Crippen molar-refractivity contribution in [1.82, 2.24) is 14.8 Å². The molecule has 0 spiro atoms. The third-order valence-corrected chi connectivity index (χ3v) is 4.54. The third kappa shape index (κ3) is 4.69. The number of carbonyl (C=O) groups excluding carboxylic acids is 1. The lowest BCUT2D eigenvalue weighted by atomic mass is 10.1. The van der Waals surface area contributed by atoms with Gasteiger partial charge in [0.25, 0.3) is 11.5 Å². The van der Waals surface area contributed by atoms with E-state index in [0.29, 0.717) is 41.4 Å². The Hall–Kier alpha value is -2.78. The molecule has 0 aliphatic heterocycles. The summed E-state index contributed by atoms with van der Waals surface area (Å²) in [6, 6.07) is 7.02. The lowest BCUT2D eigenvalue weighted by molar-refractivity contribution is -0.118. The van der Waals surface area contributed by atoms with Crippen LogP contribution in [0.1, 0.15) is 11.9 Å². The first-order chi connectivity index (χ1) is 13.1. The molecule has 3 aromatic rings. The quantitative estimate of drug-likeness (QED) is 0.595. The van der Waals surface area contributed by atoms with Crippen LogP contribution in [0.5, 0.6) is 5.75 Å². The molecule has 8 nitrogen and oxygen atoms in total. The number of aryl methyl sites for hydroxylation is 1. The average molecular weight is 388 g/mol. The summed E-state index contributed by atoms with van der Waals surface area (Å²) in [7, 11) is 0. The van der Waals surface area contributed by atoms with Gasteiger partial charge in [-0.3, -0.25) is 14.9 Å². The maximum absolute atomic E-state index is 12.6. The Labute approximate surface area is 159 Å². The fraction of sp³-hybridized carbons (Fsp3) is 0.333. The first-order valence-electron chi connectivity index (χ1n) is 8.51. The second-order valence-corrected chi connectivity index (χ2v) is 6.87. The number of ether oxygens (including phenoxy) is 2. The van der Waals surface area contributed by atoms with Gasteiger partial charge >= 0.3 is 0 Å². The fourth-order valence-corrected chi connectivity index (χ4v) is 3.15. The molecule has 9 heteroatoms. The van der Waals surface area contributed by atoms with E-state index in [1.54, 1.807) is 35.9 Å². The van der Waals surface area contributed by atoms with Gasteiger partial charge < -0.3 is 14.0 Å². The first-order valence-corrected chi connectivity index (χ1v) is 9.33. The summed E-state index contributed by atoms with van der Waals surface area (Å²) in [4.78, 5) is 24.6. The molecule has 0 aliphatic carbocycles. The smallest absolute Gasteiger partial charge is 0.264 e. The Morgan fingerprint density at radius 2 is 2.11 bits per heavy atom. The van der Waals surface area contributed by atoms with Crippen molar-refractivity contribution in [2.24, 2.45) is 0 Å². The van der Waals surface area contributed by atoms with E-state index in [-0.39, 0.29) is 18.1 Å². The van der Waals surface area contributed by atoms with Crippen LogP contribution in [0.25, 0.3) is 10.8 Å². The number of hydrogen-bond acceptors (Lipinski definition) is 7. The van der Waals surface area contributed by atoms with Gasteiger partial charge in [-0.15, -0.1) is 10.2 Å². The Kier molecular flexibility index (Phi) is 6.15. The Bertz CT molecular complexity index is 998. The molecular formula is C18H20N4O4S. The van der Waals surface area contributed by atoms with Crippen LogP contribution < -0.4 is 15.6 Å². The molecule has 142 valence electrons. The SMILES string of the molecule is CCOCCn1ccc2c(OCC(=O)Nc3nnc(C)s3)cccc2c1=O. The van der Waals surface area contributed by atoms with Crippen molar-refractivity contribution in [1.29, 1.82) is 0 Å². The number of fused-ring (bicyclic) bond motifs is 1. The minimum Gasteiger partial charge on any atom is -0.483 e. The summed E-state index contributed by atoms with van der Waals surface area (Å²) >= 11 is 1.29. The average Bonchev–Trinajstić information content (AvgIpc) is 3.06. The van der Waals surface area contributed by atoms with E-state index >= 15 is 0 Å². The second kappa shape index (κ2) is 8.74. The van der Waals surface area contributed by atoms with E-state index in [2.05, 4.69) is 15.5 Å². The highest BCUT2D eigenvalue weighted by Crippen LogP contribution is 2.23. The Morgan fingerprint density at radius 1 is 1.26 bits per heavy atom. The molecule has 2 aromatic heterocycles. The van der Waals surface area contributed by atoms with Gasteiger partial charge in [-0.25, -0.2) is 0 Å². The van der Waals surface area contributed by atoms with Crippen LogP contribution in [-0.2, 0) is 16.1 Å². The highest BCUT2D eigenvalue weighted by atomic mass is 32.1. The zero-order chi connectivity index (χ0) is 19.2. The summed E-state index contributed by atoms with van der Waals surface area (Å²) < 4.78 is 12.5. The summed E-state index contributed by atoms with van der Waals surface area (Å²) in [5.41, 5.74) is -0.119. The van der Waals surface area contributed by atoms with Crippen LogP contribution in [-0.4, -0.2) is 40.5 Å². The maximum atomic E-state index is 12.6. The molecule has 0 aliphatic rings. The van der Waals surface area contributed by atoms with Gasteiger partial charge in [0.1, 0.15) is 10.8 Å². The van der Waals surface area contributed by atoms with Crippen LogP contribution in [0.15, 0.2) is 35.3 Å². The number of benzene rings is 1. The zero-order valence-electron chi connectivity index (χ0n) is 15.1. The van der Waals surface area contributed by atoms with E-state index in [9.17, 15) is 9.59 Å². The van der Waals surface area contributed by atoms with E-state index in [1.807, 2.05) is 13.0 Å². The normalized spacial score (nSPS) is 10.9. The maximum Gasteiger partial charge on any atom is 0.264 e. The van der Waals surface area contributed by atoms with E-state index in [4.69, 9.17) is 9.47 Å². The van der Waals surface area contributed by atoms with Gasteiger partial charge in [0.15, 0.2) is 6.61 Å². The van der Waals surface area contributed by atoms with Gasteiger partial charge in [0.2, 0.25) is 5.13 Å². The third-order valence-electron chi connectivity index (χ3n) is 3.79. The van der Waals surface area contributed by atoms with E-state index in [1.165, 1.54) is 11.3 Å². The number of amides is 1. The van der Waals surface area contributed by atoms with Crippen LogP contribution >= 0.6 is 11.3 Å². The van der Waals surface area contributed by atoms with Gasteiger partial charge in [-0.05, 0) is 32.0 Å². The highest BCUT2D eigenvalue weighted by molar-refractivity contribution is 7.15. The minimum atomic E-state index is -0.340. The molecule has 0 atom stereocenters. The molecule has 0 saturated heterocycles. The number of nitrogens with zero attached hydrogens (tertiary/aromatic N) is 3. The van der Waals surface area contributed by atoms with Gasteiger partial charge in [0.05, 0.1) is 12.0 Å². The first kappa shape index (κ1) is 19.0. The molecule has 3 rings (SSSR count). The monoisotopic (exact) mass is 388 g/mol. The number of hydrogen-bond donors (Lipinski definition) is 1. The molecule has 0 bridgehead atoms. The highest BCUT2D eigenvalue weighted by Gasteiger charge is 2.11. The topological polar surface area (TPSA) is 95.3 Å². The van der Waals surface area contributed by atoms with Crippen molar-refractivity contribution >= 4 is 33.1 Å².